The lowest BCUT2D eigenvalue weighted by atomic mass is 9.93. The van der Waals surface area contributed by atoms with Crippen LogP contribution in [-0.2, 0) is 0 Å². The summed E-state index contributed by atoms with van der Waals surface area (Å²) in [5.41, 5.74) is 0. The van der Waals surface area contributed by atoms with Gasteiger partial charge < -0.3 is 10.2 Å². The normalized spacial score (nSPS) is 21.0. The third kappa shape index (κ3) is 5.86. The number of nitrogens with one attached hydrogen (secondary N) is 1. The van der Waals surface area contributed by atoms with Gasteiger partial charge in [-0.05, 0) is 59.3 Å². The Morgan fingerprint density at radius 1 is 1.12 bits per heavy atom. The van der Waals surface area contributed by atoms with Crippen LogP contribution in [-0.4, -0.2) is 38.1 Å². The second-order valence-corrected chi connectivity index (χ2v) is 5.65. The summed E-state index contributed by atoms with van der Waals surface area (Å²) in [6.45, 7) is 4.76. The van der Waals surface area contributed by atoms with Gasteiger partial charge in [-0.2, -0.15) is 0 Å². The second kappa shape index (κ2) is 8.08. The van der Waals surface area contributed by atoms with Crippen molar-refractivity contribution in [1.82, 2.24) is 10.2 Å². The summed E-state index contributed by atoms with van der Waals surface area (Å²) >= 11 is 0. The molecule has 0 aliphatic heterocycles. The maximum atomic E-state index is 3.71. The van der Waals surface area contributed by atoms with E-state index in [2.05, 4.69) is 31.2 Å². The topological polar surface area (TPSA) is 15.3 Å². The van der Waals surface area contributed by atoms with E-state index in [-0.39, 0.29) is 0 Å². The van der Waals surface area contributed by atoms with Gasteiger partial charge in [-0.1, -0.05) is 25.7 Å². The van der Waals surface area contributed by atoms with Crippen LogP contribution in [0.4, 0.5) is 0 Å². The van der Waals surface area contributed by atoms with Crippen molar-refractivity contribution in [3.05, 3.63) is 0 Å². The molecule has 1 aliphatic carbocycles. The quantitative estimate of drug-likeness (QED) is 0.553. The molecule has 0 aromatic rings. The van der Waals surface area contributed by atoms with Gasteiger partial charge >= 0.3 is 0 Å². The van der Waals surface area contributed by atoms with Crippen LogP contribution in [0.2, 0.25) is 0 Å². The highest BCUT2D eigenvalue weighted by Crippen LogP contribution is 2.25. The Morgan fingerprint density at radius 3 is 2.31 bits per heavy atom. The van der Waals surface area contributed by atoms with Crippen molar-refractivity contribution in [2.75, 3.05) is 27.2 Å². The fraction of sp³-hybridized carbons (Fsp3) is 1.00. The van der Waals surface area contributed by atoms with Crippen LogP contribution in [0.25, 0.3) is 0 Å². The van der Waals surface area contributed by atoms with E-state index in [1.807, 2.05) is 0 Å². The summed E-state index contributed by atoms with van der Waals surface area (Å²) < 4.78 is 0. The van der Waals surface area contributed by atoms with Gasteiger partial charge in [0, 0.05) is 6.04 Å². The Kier molecular flexibility index (Phi) is 7.06. The molecule has 0 amide bonds. The molecular weight excluding hydrogens is 196 g/mol. The third-order valence-corrected chi connectivity index (χ3v) is 3.86. The van der Waals surface area contributed by atoms with Crippen LogP contribution < -0.4 is 5.32 Å². The maximum Gasteiger partial charge on any atom is 0.00670 e. The van der Waals surface area contributed by atoms with E-state index in [9.17, 15) is 0 Å². The van der Waals surface area contributed by atoms with E-state index in [1.54, 1.807) is 0 Å². The average molecular weight is 226 g/mol. The summed E-state index contributed by atoms with van der Waals surface area (Å²) in [6, 6.07) is 0.722. The lowest BCUT2D eigenvalue weighted by molar-refractivity contribution is 0.325. The minimum Gasteiger partial charge on any atom is -0.314 e. The number of hydrogen-bond acceptors (Lipinski definition) is 2. The predicted octanol–water partition coefficient (Wildman–Crippen LogP) is 2.89. The van der Waals surface area contributed by atoms with E-state index in [1.165, 1.54) is 58.0 Å². The van der Waals surface area contributed by atoms with Gasteiger partial charge in [0.2, 0.25) is 0 Å². The summed E-state index contributed by atoms with van der Waals surface area (Å²) in [7, 11) is 4.30. The molecule has 16 heavy (non-hydrogen) atoms. The van der Waals surface area contributed by atoms with Crippen LogP contribution in [0.5, 0.6) is 0 Å². The highest BCUT2D eigenvalue weighted by atomic mass is 15.1. The van der Waals surface area contributed by atoms with Crippen molar-refractivity contribution in [3.8, 4) is 0 Å². The first-order valence-corrected chi connectivity index (χ1v) is 7.08. The van der Waals surface area contributed by atoms with Crippen LogP contribution in [0.15, 0.2) is 0 Å². The van der Waals surface area contributed by atoms with E-state index in [4.69, 9.17) is 0 Å². The average Bonchev–Trinajstić information content (AvgIpc) is 2.52. The van der Waals surface area contributed by atoms with Crippen molar-refractivity contribution in [2.24, 2.45) is 5.92 Å². The molecule has 2 nitrogen and oxygen atoms in total. The van der Waals surface area contributed by atoms with Crippen LogP contribution in [0.3, 0.4) is 0 Å². The summed E-state index contributed by atoms with van der Waals surface area (Å²) in [5.74, 6) is 0.932. The number of hydrogen-bond donors (Lipinski definition) is 1. The van der Waals surface area contributed by atoms with Gasteiger partial charge in [-0.3, -0.25) is 0 Å². The van der Waals surface area contributed by atoms with Crippen LogP contribution in [0, 0.1) is 5.92 Å². The monoisotopic (exact) mass is 226 g/mol. The SMILES string of the molecule is C[C@@H](NCCCN(C)C)C1CCCCCC1. The Morgan fingerprint density at radius 2 is 1.75 bits per heavy atom. The second-order valence-electron chi connectivity index (χ2n) is 5.65. The van der Waals surface area contributed by atoms with Crippen molar-refractivity contribution in [2.45, 2.75) is 57.9 Å². The molecule has 0 spiro atoms. The standard InChI is InChI=1S/C14H30N2/c1-13(15-11-8-12-16(2)3)14-9-6-4-5-7-10-14/h13-15H,4-12H2,1-3H3/t13-/m1/s1. The zero-order chi connectivity index (χ0) is 11.8. The lowest BCUT2D eigenvalue weighted by Crippen LogP contribution is -2.35. The largest absolute Gasteiger partial charge is 0.314 e. The van der Waals surface area contributed by atoms with Crippen molar-refractivity contribution >= 4 is 0 Å². The molecule has 0 aromatic carbocycles. The Hall–Kier alpha value is -0.0800. The van der Waals surface area contributed by atoms with Crippen molar-refractivity contribution < 1.29 is 0 Å². The first kappa shape index (κ1) is 14.0. The molecule has 0 heterocycles. The summed E-state index contributed by atoms with van der Waals surface area (Å²) in [5, 5.41) is 3.71. The fourth-order valence-corrected chi connectivity index (χ4v) is 2.70. The molecule has 0 bridgehead atoms. The summed E-state index contributed by atoms with van der Waals surface area (Å²) in [6.07, 6.45) is 9.99. The maximum absolute atomic E-state index is 3.71. The van der Waals surface area contributed by atoms with E-state index < -0.39 is 0 Å². The van der Waals surface area contributed by atoms with E-state index in [0.717, 1.165) is 12.0 Å². The van der Waals surface area contributed by atoms with Gasteiger partial charge in [-0.15, -0.1) is 0 Å². The van der Waals surface area contributed by atoms with Gasteiger partial charge in [0.15, 0.2) is 0 Å². The molecule has 0 radical (unpaired) electrons. The molecule has 0 saturated heterocycles. The van der Waals surface area contributed by atoms with Gasteiger partial charge in [0.05, 0.1) is 0 Å². The number of rotatable bonds is 6. The molecule has 1 aliphatic rings. The van der Waals surface area contributed by atoms with Crippen LogP contribution >= 0.6 is 0 Å². The molecule has 1 saturated carbocycles. The van der Waals surface area contributed by atoms with E-state index in [0.29, 0.717) is 0 Å². The Balaban J connectivity index is 2.10. The molecule has 96 valence electrons. The van der Waals surface area contributed by atoms with Gasteiger partial charge in [0.25, 0.3) is 0 Å². The Bertz CT molecular complexity index is 160. The highest BCUT2D eigenvalue weighted by Gasteiger charge is 2.17. The minimum absolute atomic E-state index is 0.722. The molecule has 0 unspecified atom stereocenters. The van der Waals surface area contributed by atoms with Gasteiger partial charge in [0.1, 0.15) is 0 Å². The first-order chi connectivity index (χ1) is 7.70. The fourth-order valence-electron chi connectivity index (χ4n) is 2.70. The van der Waals surface area contributed by atoms with Crippen molar-refractivity contribution in [1.29, 1.82) is 0 Å². The third-order valence-electron chi connectivity index (χ3n) is 3.86. The smallest absolute Gasteiger partial charge is 0.00670 e. The molecular formula is C14H30N2. The number of nitrogens with zero attached hydrogens (tertiary/aromatic N) is 1. The van der Waals surface area contributed by atoms with Crippen molar-refractivity contribution in [3.63, 3.8) is 0 Å². The molecule has 1 N–H and O–H groups in total. The molecule has 2 heteroatoms. The predicted molar refractivity (Wildman–Crippen MR) is 71.8 cm³/mol. The molecule has 1 atom stereocenters. The zero-order valence-corrected chi connectivity index (χ0v) is 11.5. The summed E-state index contributed by atoms with van der Waals surface area (Å²) in [4.78, 5) is 2.26. The first-order valence-electron chi connectivity index (χ1n) is 7.08. The minimum atomic E-state index is 0.722. The Labute approximate surface area is 102 Å². The lowest BCUT2D eigenvalue weighted by Gasteiger charge is -2.24. The molecule has 1 fully saturated rings. The molecule has 1 rings (SSSR count). The molecule has 0 aromatic heterocycles. The zero-order valence-electron chi connectivity index (χ0n) is 11.5. The van der Waals surface area contributed by atoms with E-state index >= 15 is 0 Å². The highest BCUT2D eigenvalue weighted by molar-refractivity contribution is 4.74. The van der Waals surface area contributed by atoms with Crippen LogP contribution in [0.1, 0.15) is 51.9 Å². The van der Waals surface area contributed by atoms with Gasteiger partial charge in [-0.25, -0.2) is 0 Å².